The molecule has 1 aliphatic heterocycles. The van der Waals surface area contributed by atoms with E-state index in [-0.39, 0.29) is 17.6 Å². The first-order valence-corrected chi connectivity index (χ1v) is 10.6. The molecule has 1 atom stereocenters. The number of carbonyl (C=O) groups excluding carboxylic acids is 4. The van der Waals surface area contributed by atoms with Gasteiger partial charge in [0.2, 0.25) is 0 Å². The lowest BCUT2D eigenvalue weighted by atomic mass is 9.98. The third kappa shape index (κ3) is 3.68. The summed E-state index contributed by atoms with van der Waals surface area (Å²) in [5.74, 6) is -1.03. The van der Waals surface area contributed by atoms with Crippen LogP contribution in [0.2, 0.25) is 0 Å². The van der Waals surface area contributed by atoms with Crippen molar-refractivity contribution in [2.45, 2.75) is 44.2 Å². The van der Waals surface area contributed by atoms with Crippen LogP contribution in [-0.4, -0.2) is 40.3 Å². The molecule has 156 valence electrons. The minimum Gasteiger partial charge on any atom is -0.425 e. The first-order chi connectivity index (χ1) is 14.4. The Labute approximate surface area is 177 Å². The van der Waals surface area contributed by atoms with Crippen LogP contribution in [0.4, 0.5) is 10.5 Å². The van der Waals surface area contributed by atoms with Crippen molar-refractivity contribution in [3.63, 3.8) is 0 Å². The van der Waals surface area contributed by atoms with Crippen molar-refractivity contribution >= 4 is 40.8 Å². The fraction of sp³-hybridized carbons (Fsp3) is 0.333. The average Bonchev–Trinajstić information content (AvgIpc) is 3.46. The van der Waals surface area contributed by atoms with Crippen molar-refractivity contribution in [3.8, 4) is 5.75 Å². The molecule has 2 N–H and O–H groups in total. The maximum atomic E-state index is 12.8. The molecule has 1 aromatic heterocycles. The molecule has 4 rings (SSSR count). The summed E-state index contributed by atoms with van der Waals surface area (Å²) in [4.78, 5) is 51.3. The quantitative estimate of drug-likeness (QED) is 0.433. The van der Waals surface area contributed by atoms with Crippen LogP contribution >= 0.6 is 11.3 Å². The van der Waals surface area contributed by atoms with Crippen molar-refractivity contribution < 1.29 is 23.9 Å². The van der Waals surface area contributed by atoms with E-state index in [1.54, 1.807) is 36.4 Å². The monoisotopic (exact) mass is 427 g/mol. The zero-order chi connectivity index (χ0) is 21.3. The van der Waals surface area contributed by atoms with E-state index in [0.717, 1.165) is 17.7 Å². The Balaban J connectivity index is 1.38. The zero-order valence-corrected chi connectivity index (χ0v) is 17.2. The minimum atomic E-state index is -1.05. The van der Waals surface area contributed by atoms with Crippen LogP contribution in [-0.2, 0) is 9.59 Å². The predicted molar refractivity (Wildman–Crippen MR) is 110 cm³/mol. The summed E-state index contributed by atoms with van der Waals surface area (Å²) in [6.45, 7) is 1.48. The molecule has 2 aromatic rings. The summed E-state index contributed by atoms with van der Waals surface area (Å²) < 4.78 is 5.35. The number of ether oxygens (including phenoxy) is 1. The summed E-state index contributed by atoms with van der Waals surface area (Å²) in [5, 5.41) is 7.33. The van der Waals surface area contributed by atoms with Gasteiger partial charge in [-0.05, 0) is 55.5 Å². The van der Waals surface area contributed by atoms with Crippen LogP contribution in [0.3, 0.4) is 0 Å². The summed E-state index contributed by atoms with van der Waals surface area (Å²) in [6, 6.07) is 8.22. The van der Waals surface area contributed by atoms with Gasteiger partial charge in [0.15, 0.2) is 0 Å². The van der Waals surface area contributed by atoms with E-state index in [4.69, 9.17) is 4.74 Å². The lowest BCUT2D eigenvalue weighted by Gasteiger charge is -2.23. The highest BCUT2D eigenvalue weighted by Gasteiger charge is 2.54. The predicted octanol–water partition coefficient (Wildman–Crippen LogP) is 3.16. The Morgan fingerprint density at radius 1 is 1.17 bits per heavy atom. The van der Waals surface area contributed by atoms with Gasteiger partial charge >= 0.3 is 12.0 Å². The molecule has 4 amide bonds. The third-order valence-corrected chi connectivity index (χ3v) is 6.32. The van der Waals surface area contributed by atoms with E-state index in [2.05, 4.69) is 10.6 Å². The number of amides is 4. The number of esters is 1. The van der Waals surface area contributed by atoms with Crippen LogP contribution in [0.25, 0.3) is 0 Å². The van der Waals surface area contributed by atoms with E-state index < -0.39 is 23.6 Å². The van der Waals surface area contributed by atoms with Crippen molar-refractivity contribution in [2.75, 3.05) is 5.32 Å². The second-order valence-corrected chi connectivity index (χ2v) is 8.40. The van der Waals surface area contributed by atoms with Crippen molar-refractivity contribution in [1.82, 2.24) is 10.2 Å². The highest BCUT2D eigenvalue weighted by atomic mass is 32.1. The second kappa shape index (κ2) is 7.91. The third-order valence-electron chi connectivity index (χ3n) is 5.45. The molecule has 8 nitrogen and oxygen atoms in total. The maximum Gasteiger partial charge on any atom is 0.334 e. The molecule has 1 unspecified atom stereocenters. The van der Waals surface area contributed by atoms with Crippen molar-refractivity contribution in [2.24, 2.45) is 0 Å². The molecule has 0 radical (unpaired) electrons. The minimum absolute atomic E-state index is 0.220. The SMILES string of the molecule is CC(C(=O)Oc1ccc(NC(=O)c2cccs2)cc1)N1C(=O)NC2(CCCC2)C1=O. The Kier molecular flexibility index (Phi) is 5.29. The molecule has 2 fully saturated rings. The zero-order valence-electron chi connectivity index (χ0n) is 16.3. The van der Waals surface area contributed by atoms with E-state index in [1.807, 2.05) is 5.38 Å². The highest BCUT2D eigenvalue weighted by molar-refractivity contribution is 7.12. The number of urea groups is 1. The van der Waals surface area contributed by atoms with E-state index in [9.17, 15) is 19.2 Å². The number of hydrogen-bond donors (Lipinski definition) is 2. The number of nitrogens with one attached hydrogen (secondary N) is 2. The number of thiophene rings is 1. The number of anilines is 1. The highest BCUT2D eigenvalue weighted by Crippen LogP contribution is 2.36. The van der Waals surface area contributed by atoms with Crippen molar-refractivity contribution in [1.29, 1.82) is 0 Å². The Hall–Kier alpha value is -3.20. The van der Waals surface area contributed by atoms with Crippen LogP contribution in [0.15, 0.2) is 41.8 Å². The molecular weight excluding hydrogens is 406 g/mol. The van der Waals surface area contributed by atoms with Gasteiger partial charge in [0, 0.05) is 5.69 Å². The number of imide groups is 1. The van der Waals surface area contributed by atoms with Crippen LogP contribution in [0.1, 0.15) is 42.3 Å². The molecule has 0 bridgehead atoms. The van der Waals surface area contributed by atoms with Gasteiger partial charge in [-0.15, -0.1) is 11.3 Å². The average molecular weight is 427 g/mol. The van der Waals surface area contributed by atoms with Gasteiger partial charge in [0.05, 0.1) is 4.88 Å². The first kappa shape index (κ1) is 20.1. The van der Waals surface area contributed by atoms with Gasteiger partial charge < -0.3 is 15.4 Å². The van der Waals surface area contributed by atoms with Gasteiger partial charge in [-0.2, -0.15) is 0 Å². The second-order valence-electron chi connectivity index (χ2n) is 7.45. The van der Waals surface area contributed by atoms with Crippen LogP contribution in [0.5, 0.6) is 5.75 Å². The van der Waals surface area contributed by atoms with E-state index in [1.165, 1.54) is 18.3 Å². The van der Waals surface area contributed by atoms with Crippen LogP contribution < -0.4 is 15.4 Å². The number of carbonyl (C=O) groups is 4. The first-order valence-electron chi connectivity index (χ1n) is 9.72. The van der Waals surface area contributed by atoms with Gasteiger partial charge in [-0.3, -0.25) is 9.59 Å². The van der Waals surface area contributed by atoms with Gasteiger partial charge in [-0.25, -0.2) is 14.5 Å². The summed E-state index contributed by atoms with van der Waals surface area (Å²) in [7, 11) is 0. The standard InChI is InChI=1S/C21H21N3O5S/c1-13(24-19(27)21(23-20(24)28)10-2-3-11-21)18(26)29-15-8-6-14(7-9-15)22-17(25)16-5-4-12-30-16/h4-9,12-13H,2-3,10-11H2,1H3,(H,22,25)(H,23,28). The summed E-state index contributed by atoms with van der Waals surface area (Å²) >= 11 is 1.34. The smallest absolute Gasteiger partial charge is 0.334 e. The molecule has 1 aliphatic carbocycles. The molecule has 1 spiro atoms. The van der Waals surface area contributed by atoms with Crippen molar-refractivity contribution in [3.05, 3.63) is 46.7 Å². The molecular formula is C21H21N3O5S. The lowest BCUT2D eigenvalue weighted by molar-refractivity contribution is -0.145. The number of rotatable bonds is 5. The van der Waals surface area contributed by atoms with E-state index >= 15 is 0 Å². The Bertz CT molecular complexity index is 981. The topological polar surface area (TPSA) is 105 Å². The molecule has 9 heteroatoms. The van der Waals surface area contributed by atoms with E-state index in [0.29, 0.717) is 23.4 Å². The number of benzene rings is 1. The number of hydrogen-bond acceptors (Lipinski definition) is 6. The van der Waals surface area contributed by atoms with Gasteiger partial charge in [0.25, 0.3) is 11.8 Å². The summed E-state index contributed by atoms with van der Waals surface area (Å²) in [5.41, 5.74) is -0.313. The molecule has 1 aromatic carbocycles. The molecule has 30 heavy (non-hydrogen) atoms. The maximum absolute atomic E-state index is 12.8. The molecule has 2 aliphatic rings. The Morgan fingerprint density at radius 3 is 2.50 bits per heavy atom. The van der Waals surface area contributed by atoms with Crippen LogP contribution in [0, 0.1) is 0 Å². The normalized spacial score (nSPS) is 18.4. The van der Waals surface area contributed by atoms with Gasteiger partial charge in [0.1, 0.15) is 17.3 Å². The fourth-order valence-electron chi connectivity index (χ4n) is 3.82. The largest absolute Gasteiger partial charge is 0.425 e. The number of nitrogens with zero attached hydrogens (tertiary/aromatic N) is 1. The Morgan fingerprint density at radius 2 is 1.87 bits per heavy atom. The lowest BCUT2D eigenvalue weighted by Crippen LogP contribution is -2.47. The molecule has 2 heterocycles. The molecule has 1 saturated heterocycles. The fourth-order valence-corrected chi connectivity index (χ4v) is 4.44. The summed E-state index contributed by atoms with van der Waals surface area (Å²) in [6.07, 6.45) is 2.92. The van der Waals surface area contributed by atoms with Gasteiger partial charge in [-0.1, -0.05) is 18.9 Å². The molecule has 1 saturated carbocycles.